The first-order valence-corrected chi connectivity index (χ1v) is 7.61. The Morgan fingerprint density at radius 3 is 2.25 bits per heavy atom. The fourth-order valence-electron chi connectivity index (χ4n) is 2.03. The molecule has 2 rings (SSSR count). The normalized spacial score (nSPS) is 12.3. The predicted octanol–water partition coefficient (Wildman–Crippen LogP) is 4.95. The summed E-state index contributed by atoms with van der Waals surface area (Å²) in [7, 11) is 0. The minimum absolute atomic E-state index is 0.321. The first kappa shape index (κ1) is 15.4. The van der Waals surface area contributed by atoms with Crippen molar-refractivity contribution < 1.29 is 4.74 Å². The van der Waals surface area contributed by atoms with Crippen molar-refractivity contribution in [1.82, 2.24) is 0 Å². The van der Waals surface area contributed by atoms with Gasteiger partial charge in [-0.05, 0) is 35.6 Å². The van der Waals surface area contributed by atoms with Gasteiger partial charge in [0.25, 0.3) is 0 Å². The van der Waals surface area contributed by atoms with Gasteiger partial charge in [-0.25, -0.2) is 0 Å². The average molecular weight is 309 g/mol. The molecule has 0 saturated heterocycles. The summed E-state index contributed by atoms with van der Waals surface area (Å²) >= 11 is 11.9. The Bertz CT molecular complexity index is 496. The average Bonchev–Trinajstić information content (AvgIpc) is 2.49. The molecule has 20 heavy (non-hydrogen) atoms. The van der Waals surface area contributed by atoms with E-state index < -0.39 is 0 Å². The van der Waals surface area contributed by atoms with Crippen LogP contribution in [0.1, 0.15) is 11.1 Å². The van der Waals surface area contributed by atoms with Gasteiger partial charge in [-0.15, -0.1) is 11.6 Å². The third kappa shape index (κ3) is 5.16. The van der Waals surface area contributed by atoms with Gasteiger partial charge < -0.3 is 4.74 Å². The molecule has 0 fully saturated rings. The van der Waals surface area contributed by atoms with Crippen LogP contribution in [0, 0.1) is 5.92 Å². The van der Waals surface area contributed by atoms with E-state index in [4.69, 9.17) is 27.9 Å². The Morgan fingerprint density at radius 1 is 0.900 bits per heavy atom. The van der Waals surface area contributed by atoms with Crippen molar-refractivity contribution in [2.75, 3.05) is 12.5 Å². The number of hydrogen-bond acceptors (Lipinski definition) is 1. The van der Waals surface area contributed by atoms with Gasteiger partial charge in [0.15, 0.2) is 0 Å². The highest BCUT2D eigenvalue weighted by atomic mass is 35.5. The van der Waals surface area contributed by atoms with Crippen molar-refractivity contribution in [2.24, 2.45) is 5.92 Å². The molecule has 0 spiro atoms. The zero-order valence-corrected chi connectivity index (χ0v) is 12.8. The standard InChI is InChI=1S/C17H18Cl2O/c18-11-16(10-14-6-8-17(19)9-7-14)13-20-12-15-4-2-1-3-5-15/h1-9,16H,10-13H2. The number of ether oxygens (including phenoxy) is 1. The fraction of sp³-hybridized carbons (Fsp3) is 0.294. The van der Waals surface area contributed by atoms with Crippen LogP contribution < -0.4 is 0 Å². The van der Waals surface area contributed by atoms with Gasteiger partial charge in [-0.1, -0.05) is 54.1 Å². The lowest BCUT2D eigenvalue weighted by atomic mass is 10.0. The van der Waals surface area contributed by atoms with Crippen LogP contribution >= 0.6 is 23.2 Å². The predicted molar refractivity (Wildman–Crippen MR) is 85.5 cm³/mol. The molecular formula is C17H18Cl2O. The van der Waals surface area contributed by atoms with E-state index in [1.807, 2.05) is 42.5 Å². The van der Waals surface area contributed by atoms with Crippen molar-refractivity contribution in [3.63, 3.8) is 0 Å². The maximum absolute atomic E-state index is 6.02. The van der Waals surface area contributed by atoms with E-state index in [-0.39, 0.29) is 0 Å². The Hall–Kier alpha value is -1.02. The Kier molecular flexibility index (Phi) is 6.38. The second-order valence-corrected chi connectivity index (χ2v) is 5.60. The molecule has 1 unspecified atom stereocenters. The summed E-state index contributed by atoms with van der Waals surface area (Å²) in [5, 5.41) is 0.761. The smallest absolute Gasteiger partial charge is 0.0717 e. The highest BCUT2D eigenvalue weighted by Crippen LogP contribution is 2.15. The van der Waals surface area contributed by atoms with Crippen LogP contribution in [0.2, 0.25) is 5.02 Å². The lowest BCUT2D eigenvalue weighted by Gasteiger charge is -2.14. The van der Waals surface area contributed by atoms with E-state index in [0.717, 1.165) is 11.4 Å². The fourth-order valence-corrected chi connectivity index (χ4v) is 2.35. The summed E-state index contributed by atoms with van der Waals surface area (Å²) in [4.78, 5) is 0. The minimum atomic E-state index is 0.321. The highest BCUT2D eigenvalue weighted by Gasteiger charge is 2.09. The molecule has 0 heterocycles. The molecule has 0 N–H and O–H groups in total. The van der Waals surface area contributed by atoms with E-state index in [1.165, 1.54) is 11.1 Å². The zero-order chi connectivity index (χ0) is 14.2. The summed E-state index contributed by atoms with van der Waals surface area (Å²) in [5.41, 5.74) is 2.43. The quantitative estimate of drug-likeness (QED) is 0.657. The van der Waals surface area contributed by atoms with Crippen molar-refractivity contribution in [2.45, 2.75) is 13.0 Å². The molecule has 2 aromatic rings. The Labute approximate surface area is 130 Å². The van der Waals surface area contributed by atoms with Crippen LogP contribution in [-0.4, -0.2) is 12.5 Å². The van der Waals surface area contributed by atoms with Crippen LogP contribution in [-0.2, 0) is 17.8 Å². The molecule has 0 aromatic heterocycles. The van der Waals surface area contributed by atoms with Gasteiger partial charge in [-0.3, -0.25) is 0 Å². The maximum atomic E-state index is 6.02. The second-order valence-electron chi connectivity index (χ2n) is 4.85. The first-order chi connectivity index (χ1) is 9.78. The lowest BCUT2D eigenvalue weighted by molar-refractivity contribution is 0.0931. The number of alkyl halides is 1. The summed E-state index contributed by atoms with van der Waals surface area (Å²) in [5.74, 6) is 0.916. The van der Waals surface area contributed by atoms with Gasteiger partial charge in [0.2, 0.25) is 0 Å². The molecule has 1 nitrogen and oxygen atoms in total. The monoisotopic (exact) mass is 308 g/mol. The van der Waals surface area contributed by atoms with Gasteiger partial charge in [0.05, 0.1) is 13.2 Å². The highest BCUT2D eigenvalue weighted by molar-refractivity contribution is 6.30. The van der Waals surface area contributed by atoms with Crippen molar-refractivity contribution >= 4 is 23.2 Å². The summed E-state index contributed by atoms with van der Waals surface area (Å²) in [6.07, 6.45) is 0.912. The SMILES string of the molecule is ClCC(COCc1ccccc1)Cc1ccc(Cl)cc1. The molecule has 1 atom stereocenters. The van der Waals surface area contributed by atoms with Crippen LogP contribution in [0.15, 0.2) is 54.6 Å². The first-order valence-electron chi connectivity index (χ1n) is 6.70. The molecule has 0 aliphatic rings. The number of rotatable bonds is 7. The van der Waals surface area contributed by atoms with Gasteiger partial charge in [-0.2, -0.15) is 0 Å². The van der Waals surface area contributed by atoms with Crippen LogP contribution in [0.5, 0.6) is 0 Å². The molecule has 0 saturated carbocycles. The molecule has 0 amide bonds. The molecule has 2 aromatic carbocycles. The van der Waals surface area contributed by atoms with E-state index in [0.29, 0.717) is 25.0 Å². The maximum Gasteiger partial charge on any atom is 0.0717 e. The molecule has 3 heteroatoms. The van der Waals surface area contributed by atoms with E-state index in [9.17, 15) is 0 Å². The van der Waals surface area contributed by atoms with Gasteiger partial charge in [0.1, 0.15) is 0 Å². The Balaban J connectivity index is 1.79. The Morgan fingerprint density at radius 2 is 1.60 bits per heavy atom. The third-order valence-electron chi connectivity index (χ3n) is 3.12. The molecular weight excluding hydrogens is 291 g/mol. The second kappa shape index (κ2) is 8.31. The molecule has 0 aliphatic carbocycles. The van der Waals surface area contributed by atoms with Crippen molar-refractivity contribution in [3.05, 3.63) is 70.7 Å². The zero-order valence-electron chi connectivity index (χ0n) is 11.3. The lowest BCUT2D eigenvalue weighted by Crippen LogP contribution is -2.14. The van der Waals surface area contributed by atoms with Crippen LogP contribution in [0.25, 0.3) is 0 Å². The van der Waals surface area contributed by atoms with Gasteiger partial charge in [0, 0.05) is 10.9 Å². The number of hydrogen-bond donors (Lipinski definition) is 0. The minimum Gasteiger partial charge on any atom is -0.376 e. The van der Waals surface area contributed by atoms with E-state index >= 15 is 0 Å². The summed E-state index contributed by atoms with van der Waals surface area (Å²) in [6.45, 7) is 1.30. The summed E-state index contributed by atoms with van der Waals surface area (Å²) < 4.78 is 5.76. The van der Waals surface area contributed by atoms with Crippen molar-refractivity contribution in [3.8, 4) is 0 Å². The summed E-state index contributed by atoms with van der Waals surface area (Å²) in [6, 6.07) is 18.1. The molecule has 106 valence electrons. The number of halogens is 2. The number of benzene rings is 2. The van der Waals surface area contributed by atoms with E-state index in [1.54, 1.807) is 0 Å². The topological polar surface area (TPSA) is 9.23 Å². The third-order valence-corrected chi connectivity index (χ3v) is 3.81. The van der Waals surface area contributed by atoms with Gasteiger partial charge >= 0.3 is 0 Å². The molecule has 0 aliphatic heterocycles. The van der Waals surface area contributed by atoms with Crippen molar-refractivity contribution in [1.29, 1.82) is 0 Å². The van der Waals surface area contributed by atoms with Crippen LogP contribution in [0.3, 0.4) is 0 Å². The molecule has 0 bridgehead atoms. The van der Waals surface area contributed by atoms with E-state index in [2.05, 4.69) is 12.1 Å². The molecule has 0 radical (unpaired) electrons. The van der Waals surface area contributed by atoms with Crippen LogP contribution in [0.4, 0.5) is 0 Å². The largest absolute Gasteiger partial charge is 0.376 e.